The molecule has 1 saturated heterocycles. The van der Waals surface area contributed by atoms with Gasteiger partial charge in [0.25, 0.3) is 0 Å². The van der Waals surface area contributed by atoms with Crippen molar-refractivity contribution in [2.45, 2.75) is 84.0 Å². The Hall–Kier alpha value is -0.370. The van der Waals surface area contributed by atoms with Crippen molar-refractivity contribution in [1.82, 2.24) is 0 Å². The third-order valence-electron chi connectivity index (χ3n) is 4.17. The Morgan fingerprint density at radius 1 is 0.947 bits per heavy atom. The Balaban J connectivity index is 1.82. The van der Waals surface area contributed by atoms with Crippen LogP contribution in [0.5, 0.6) is 0 Å². The molecule has 0 aliphatic carbocycles. The van der Waals surface area contributed by atoms with Crippen molar-refractivity contribution in [3.63, 3.8) is 0 Å². The maximum Gasteiger partial charge on any atom is 0.140 e. The Bertz CT molecular complexity index is 225. The second-order valence-electron chi connectivity index (χ2n) is 5.96. The lowest BCUT2D eigenvalue weighted by Crippen LogP contribution is -2.27. The Morgan fingerprint density at radius 3 is 2.11 bits per heavy atom. The van der Waals surface area contributed by atoms with Crippen molar-refractivity contribution in [1.29, 1.82) is 0 Å². The van der Waals surface area contributed by atoms with Crippen LogP contribution in [0.3, 0.4) is 0 Å². The van der Waals surface area contributed by atoms with Gasteiger partial charge in [-0.25, -0.2) is 0 Å². The molecule has 0 radical (unpaired) electrons. The highest BCUT2D eigenvalue weighted by atomic mass is 16.5. The van der Waals surface area contributed by atoms with Gasteiger partial charge in [-0.1, -0.05) is 71.1 Å². The summed E-state index contributed by atoms with van der Waals surface area (Å²) in [5, 5.41) is 0. The number of unbranched alkanes of at least 4 members (excludes halogenated alkanes) is 9. The van der Waals surface area contributed by atoms with E-state index in [4.69, 9.17) is 4.74 Å². The molecule has 1 heterocycles. The minimum absolute atomic E-state index is 0.211. The van der Waals surface area contributed by atoms with E-state index >= 15 is 0 Å². The van der Waals surface area contributed by atoms with Gasteiger partial charge in [0.1, 0.15) is 5.78 Å². The van der Waals surface area contributed by atoms with Crippen LogP contribution in [0.4, 0.5) is 0 Å². The molecule has 2 heteroatoms. The third kappa shape index (κ3) is 8.41. The summed E-state index contributed by atoms with van der Waals surface area (Å²) >= 11 is 0. The molecular formula is C17H32O2. The molecule has 0 saturated carbocycles. The van der Waals surface area contributed by atoms with Crippen molar-refractivity contribution >= 4 is 5.78 Å². The van der Waals surface area contributed by atoms with E-state index in [-0.39, 0.29) is 5.92 Å². The van der Waals surface area contributed by atoms with Crippen molar-refractivity contribution in [2.24, 2.45) is 5.92 Å². The zero-order valence-corrected chi connectivity index (χ0v) is 12.8. The molecule has 0 aromatic carbocycles. The lowest BCUT2D eigenvalue weighted by atomic mass is 9.94. The van der Waals surface area contributed by atoms with Gasteiger partial charge >= 0.3 is 0 Å². The minimum atomic E-state index is 0.211. The summed E-state index contributed by atoms with van der Waals surface area (Å²) in [6.07, 6.45) is 15.3. The number of hydrogen-bond donors (Lipinski definition) is 0. The Morgan fingerprint density at radius 2 is 1.53 bits per heavy atom. The number of ether oxygens (including phenoxy) is 1. The molecule has 112 valence electrons. The van der Waals surface area contributed by atoms with Gasteiger partial charge in [-0.2, -0.15) is 0 Å². The summed E-state index contributed by atoms with van der Waals surface area (Å²) in [5.41, 5.74) is 0. The number of carbonyl (C=O) groups is 1. The summed E-state index contributed by atoms with van der Waals surface area (Å²) in [4.78, 5) is 11.6. The van der Waals surface area contributed by atoms with Crippen molar-refractivity contribution in [3.8, 4) is 0 Å². The normalized spacial score (nSPS) is 19.8. The van der Waals surface area contributed by atoms with Crippen LogP contribution >= 0.6 is 0 Å². The zero-order chi connectivity index (χ0) is 13.8. The van der Waals surface area contributed by atoms with E-state index in [0.717, 1.165) is 6.42 Å². The van der Waals surface area contributed by atoms with Crippen LogP contribution in [0.2, 0.25) is 0 Å². The molecular weight excluding hydrogens is 236 g/mol. The molecule has 1 aliphatic heterocycles. The number of carbonyl (C=O) groups excluding carboxylic acids is 1. The summed E-state index contributed by atoms with van der Waals surface area (Å²) < 4.78 is 5.37. The van der Waals surface area contributed by atoms with Gasteiger partial charge < -0.3 is 4.74 Å². The molecule has 2 nitrogen and oxygen atoms in total. The summed E-state index contributed by atoms with van der Waals surface area (Å²) in [5.74, 6) is 0.643. The van der Waals surface area contributed by atoms with Gasteiger partial charge in [0.05, 0.1) is 13.2 Å². The predicted octanol–water partition coefficient (Wildman–Crippen LogP) is 4.90. The van der Waals surface area contributed by atoms with Crippen molar-refractivity contribution in [2.75, 3.05) is 13.2 Å². The van der Waals surface area contributed by atoms with Gasteiger partial charge in [0.2, 0.25) is 0 Å². The first-order valence-corrected chi connectivity index (χ1v) is 8.45. The average molecular weight is 268 g/mol. The topological polar surface area (TPSA) is 26.3 Å². The maximum atomic E-state index is 11.6. The van der Waals surface area contributed by atoms with Crippen molar-refractivity contribution < 1.29 is 9.53 Å². The molecule has 0 spiro atoms. The van der Waals surface area contributed by atoms with Crippen LogP contribution in [0.15, 0.2) is 0 Å². The quantitative estimate of drug-likeness (QED) is 0.498. The monoisotopic (exact) mass is 268 g/mol. The first-order chi connectivity index (χ1) is 9.34. The molecule has 1 atom stereocenters. The number of hydrogen-bond acceptors (Lipinski definition) is 2. The summed E-state index contributed by atoms with van der Waals surface area (Å²) in [7, 11) is 0. The Kier molecular flexibility index (Phi) is 10.1. The predicted molar refractivity (Wildman–Crippen MR) is 80.4 cm³/mol. The minimum Gasteiger partial charge on any atom is -0.380 e. The van der Waals surface area contributed by atoms with Crippen LogP contribution in [0.25, 0.3) is 0 Å². The van der Waals surface area contributed by atoms with Crippen LogP contribution in [-0.4, -0.2) is 19.0 Å². The molecule has 0 N–H and O–H groups in total. The SMILES string of the molecule is CCCCCCCCCCCCC1COCCC1=O. The molecule has 0 aromatic heterocycles. The number of Topliss-reactive ketones (excluding diaryl/α,β-unsaturated/α-hetero) is 1. The molecule has 1 unspecified atom stereocenters. The van der Waals surface area contributed by atoms with Gasteiger partial charge in [-0.05, 0) is 6.42 Å². The van der Waals surface area contributed by atoms with Gasteiger partial charge in [0.15, 0.2) is 0 Å². The van der Waals surface area contributed by atoms with Crippen LogP contribution < -0.4 is 0 Å². The molecule has 1 rings (SSSR count). The second-order valence-corrected chi connectivity index (χ2v) is 5.96. The summed E-state index contributed by atoms with van der Waals surface area (Å²) in [6, 6.07) is 0. The third-order valence-corrected chi connectivity index (χ3v) is 4.17. The highest BCUT2D eigenvalue weighted by molar-refractivity contribution is 5.81. The van der Waals surface area contributed by atoms with Gasteiger partial charge in [-0.3, -0.25) is 4.79 Å². The maximum absolute atomic E-state index is 11.6. The highest BCUT2D eigenvalue weighted by Gasteiger charge is 2.21. The Labute approximate surface area is 119 Å². The van der Waals surface area contributed by atoms with E-state index in [1.54, 1.807) is 0 Å². The van der Waals surface area contributed by atoms with Crippen LogP contribution in [0, 0.1) is 5.92 Å². The standard InChI is InChI=1S/C17H32O2/c1-2-3-4-5-6-7-8-9-10-11-12-16-15-19-14-13-17(16)18/h16H,2-15H2,1H3. The van der Waals surface area contributed by atoms with E-state index < -0.39 is 0 Å². The van der Waals surface area contributed by atoms with E-state index in [0.29, 0.717) is 25.4 Å². The molecule has 0 aromatic rings. The van der Waals surface area contributed by atoms with E-state index in [1.165, 1.54) is 64.2 Å². The first-order valence-electron chi connectivity index (χ1n) is 8.45. The molecule has 1 aliphatic rings. The zero-order valence-electron chi connectivity index (χ0n) is 12.8. The largest absolute Gasteiger partial charge is 0.380 e. The fraction of sp³-hybridized carbons (Fsp3) is 0.941. The highest BCUT2D eigenvalue weighted by Crippen LogP contribution is 2.18. The van der Waals surface area contributed by atoms with Crippen molar-refractivity contribution in [3.05, 3.63) is 0 Å². The van der Waals surface area contributed by atoms with Crippen LogP contribution in [-0.2, 0) is 9.53 Å². The molecule has 0 bridgehead atoms. The van der Waals surface area contributed by atoms with E-state index in [2.05, 4.69) is 6.92 Å². The van der Waals surface area contributed by atoms with E-state index in [1.807, 2.05) is 0 Å². The smallest absolute Gasteiger partial charge is 0.140 e. The first kappa shape index (κ1) is 16.7. The molecule has 1 fully saturated rings. The fourth-order valence-electron chi connectivity index (χ4n) is 2.82. The molecule has 0 amide bonds. The van der Waals surface area contributed by atoms with Gasteiger partial charge in [-0.15, -0.1) is 0 Å². The van der Waals surface area contributed by atoms with Gasteiger partial charge in [0, 0.05) is 12.3 Å². The number of rotatable bonds is 11. The second kappa shape index (κ2) is 11.5. The van der Waals surface area contributed by atoms with Crippen LogP contribution in [0.1, 0.15) is 84.0 Å². The fourth-order valence-corrected chi connectivity index (χ4v) is 2.82. The lowest BCUT2D eigenvalue weighted by molar-refractivity contribution is -0.130. The average Bonchev–Trinajstić information content (AvgIpc) is 2.43. The van der Waals surface area contributed by atoms with E-state index in [9.17, 15) is 4.79 Å². The number of ketones is 1. The lowest BCUT2D eigenvalue weighted by Gasteiger charge is -2.20. The molecule has 19 heavy (non-hydrogen) atoms. The summed E-state index contributed by atoms with van der Waals surface area (Å²) in [6.45, 7) is 3.59.